The van der Waals surface area contributed by atoms with E-state index in [4.69, 9.17) is 5.73 Å². The predicted octanol–water partition coefficient (Wildman–Crippen LogP) is 2.12. The molecule has 0 radical (unpaired) electrons. The van der Waals surface area contributed by atoms with Crippen LogP contribution in [0.3, 0.4) is 0 Å². The third kappa shape index (κ3) is 4.00. The van der Waals surface area contributed by atoms with Crippen LogP contribution >= 0.6 is 0 Å². The van der Waals surface area contributed by atoms with E-state index < -0.39 is 80.6 Å². The highest BCUT2D eigenvalue weighted by Gasteiger charge is 2.68. The van der Waals surface area contributed by atoms with E-state index in [2.05, 4.69) is 0 Å². The molecule has 10 heteroatoms. The van der Waals surface area contributed by atoms with E-state index in [9.17, 15) is 39.9 Å². The monoisotopic (exact) mass is 554 g/mol. The maximum atomic E-state index is 14.3. The number of hydrogen-bond donors (Lipinski definition) is 6. The van der Waals surface area contributed by atoms with Crippen LogP contribution < -0.4 is 5.73 Å². The lowest BCUT2D eigenvalue weighted by atomic mass is 9.54. The van der Waals surface area contributed by atoms with Crippen LogP contribution in [0.5, 0.6) is 5.75 Å². The number of likely N-dealkylation sites (N-methyl/N-ethyl adjacent to an activating group) is 1. The highest BCUT2D eigenvalue weighted by atomic mass is 16.4. The van der Waals surface area contributed by atoms with Gasteiger partial charge in [0.25, 0.3) is 5.91 Å². The number of nitrogens with two attached hydrogens (primary N) is 1. The fourth-order valence-corrected chi connectivity index (χ4v) is 6.42. The van der Waals surface area contributed by atoms with Gasteiger partial charge in [-0.2, -0.15) is 0 Å². The largest absolute Gasteiger partial charge is 0.508 e. The van der Waals surface area contributed by atoms with Crippen molar-refractivity contribution in [3.8, 4) is 5.75 Å². The molecule has 3 aliphatic rings. The molecule has 0 spiro atoms. The number of ketones is 2. The van der Waals surface area contributed by atoms with Gasteiger partial charge in [0.2, 0.25) is 5.78 Å². The summed E-state index contributed by atoms with van der Waals surface area (Å²) in [6.07, 6.45) is 0.110. The summed E-state index contributed by atoms with van der Waals surface area (Å²) in [4.78, 5) is 41.2. The Morgan fingerprint density at radius 3 is 2.10 bits per heavy atom. The van der Waals surface area contributed by atoms with Crippen molar-refractivity contribution >= 4 is 28.8 Å². The molecule has 1 fully saturated rings. The van der Waals surface area contributed by atoms with E-state index in [0.717, 1.165) is 0 Å². The Morgan fingerprint density at radius 2 is 1.62 bits per heavy atom. The third-order valence-electron chi connectivity index (χ3n) is 8.06. The number of aliphatic hydroxyl groups excluding tert-OH is 3. The Morgan fingerprint density at radius 1 is 1.05 bits per heavy atom. The van der Waals surface area contributed by atoms with Gasteiger partial charge < -0.3 is 31.3 Å². The number of aromatic hydroxyl groups is 1. The zero-order valence-corrected chi connectivity index (χ0v) is 24.0. The van der Waals surface area contributed by atoms with Crippen molar-refractivity contribution in [3.05, 3.63) is 51.8 Å². The average molecular weight is 555 g/mol. The van der Waals surface area contributed by atoms with Gasteiger partial charge in [-0.25, -0.2) is 0 Å². The summed E-state index contributed by atoms with van der Waals surface area (Å²) in [5, 5.41) is 57.9. The molecule has 5 atom stereocenters. The Hall–Kier alpha value is -3.47. The topological polar surface area (TPSA) is 182 Å². The van der Waals surface area contributed by atoms with Crippen LogP contribution in [0.1, 0.15) is 58.2 Å². The van der Waals surface area contributed by atoms with Crippen LogP contribution in [0.25, 0.3) is 11.3 Å². The lowest BCUT2D eigenvalue weighted by Crippen LogP contribution is -2.70. The molecular formula is C30H38N2O8. The number of aliphatic hydroxyl groups is 4. The maximum Gasteiger partial charge on any atom is 0.255 e. The number of allylic oxidation sites excluding steroid dienone is 1. The van der Waals surface area contributed by atoms with Crippen LogP contribution in [-0.2, 0) is 19.8 Å². The number of rotatable bonds is 2. The first-order valence-corrected chi connectivity index (χ1v) is 13.1. The van der Waals surface area contributed by atoms with Crippen molar-refractivity contribution in [2.24, 2.45) is 23.0 Å². The molecule has 1 amide bonds. The summed E-state index contributed by atoms with van der Waals surface area (Å²) in [6, 6.07) is 2.01. The smallest absolute Gasteiger partial charge is 0.255 e. The molecule has 0 heterocycles. The highest BCUT2D eigenvalue weighted by Crippen LogP contribution is 2.57. The number of carbonyl (C=O) groups is 3. The van der Waals surface area contributed by atoms with Gasteiger partial charge in [0.1, 0.15) is 22.8 Å². The van der Waals surface area contributed by atoms with Gasteiger partial charge >= 0.3 is 0 Å². The van der Waals surface area contributed by atoms with E-state index in [1.807, 2.05) is 41.5 Å². The molecule has 0 bridgehead atoms. The molecule has 1 aromatic carbocycles. The second-order valence-corrected chi connectivity index (χ2v) is 13.3. The van der Waals surface area contributed by atoms with E-state index in [1.54, 1.807) is 18.2 Å². The first-order chi connectivity index (χ1) is 18.2. The lowest BCUT2D eigenvalue weighted by Gasteiger charge is -2.53. The third-order valence-corrected chi connectivity index (χ3v) is 8.06. The van der Waals surface area contributed by atoms with Crippen LogP contribution in [-0.4, -0.2) is 79.7 Å². The van der Waals surface area contributed by atoms with Crippen LogP contribution in [0.4, 0.5) is 0 Å². The molecule has 40 heavy (non-hydrogen) atoms. The van der Waals surface area contributed by atoms with Crippen molar-refractivity contribution in [2.75, 3.05) is 14.1 Å². The normalized spacial score (nSPS) is 30.0. The first kappa shape index (κ1) is 29.5. The quantitative estimate of drug-likeness (QED) is 0.298. The minimum atomic E-state index is -2.96. The van der Waals surface area contributed by atoms with Gasteiger partial charge in [0, 0.05) is 11.5 Å². The molecule has 0 aliphatic heterocycles. The van der Waals surface area contributed by atoms with E-state index in [-0.39, 0.29) is 11.3 Å². The summed E-state index contributed by atoms with van der Waals surface area (Å²) in [6.45, 7) is 11.3. The number of Topliss-reactive ketones (excluding diaryl/α,β-unsaturated/α-hetero) is 2. The molecule has 1 aromatic rings. The van der Waals surface area contributed by atoms with Gasteiger partial charge in [-0.15, -0.1) is 0 Å². The van der Waals surface area contributed by atoms with Crippen molar-refractivity contribution in [1.82, 2.24) is 4.90 Å². The fourth-order valence-electron chi connectivity index (χ4n) is 6.42. The van der Waals surface area contributed by atoms with Crippen molar-refractivity contribution in [1.29, 1.82) is 0 Å². The minimum Gasteiger partial charge on any atom is -0.508 e. The molecule has 4 rings (SSSR count). The van der Waals surface area contributed by atoms with Crippen molar-refractivity contribution in [3.63, 3.8) is 0 Å². The number of fused-ring (bicyclic) bond motifs is 3. The molecular weight excluding hydrogens is 516 g/mol. The summed E-state index contributed by atoms with van der Waals surface area (Å²) in [7, 11) is 2.94. The Kier molecular flexibility index (Phi) is 6.66. The van der Waals surface area contributed by atoms with Gasteiger partial charge in [0.05, 0.1) is 29.2 Å². The molecule has 7 N–H and O–H groups in total. The number of carbonyl (C=O) groups excluding carboxylic acids is 3. The molecule has 0 aromatic heterocycles. The minimum absolute atomic E-state index is 0.0496. The summed E-state index contributed by atoms with van der Waals surface area (Å²) >= 11 is 0. The molecule has 10 nitrogen and oxygen atoms in total. The number of hydrogen-bond acceptors (Lipinski definition) is 9. The summed E-state index contributed by atoms with van der Waals surface area (Å²) in [5.41, 5.74) is 1.19. The number of phenolic OH excluding ortho intramolecular Hbond substituents is 1. The van der Waals surface area contributed by atoms with Gasteiger partial charge in [0.15, 0.2) is 11.4 Å². The summed E-state index contributed by atoms with van der Waals surface area (Å²) < 4.78 is 0. The molecule has 0 saturated heterocycles. The standard InChI is InChI=1S/C30H38N2O8/c1-28(2,3)11-13-12-9-10-14(29(4,5)6)21(33)16(12)22(34)17-15(13)23(35)19-20(32(7)8)24(36)18(27(31)39)26(38)30(19,40)25(17)37/h9-11,15,19-20,23,33-35,38,40H,1-8H3,(H2,31,39)/b13-11+. The van der Waals surface area contributed by atoms with Gasteiger partial charge in [-0.05, 0) is 36.1 Å². The first-order valence-electron chi connectivity index (χ1n) is 13.1. The van der Waals surface area contributed by atoms with E-state index in [0.29, 0.717) is 16.7 Å². The summed E-state index contributed by atoms with van der Waals surface area (Å²) in [5.74, 6) is -8.56. The number of amides is 1. The second kappa shape index (κ2) is 9.02. The molecule has 216 valence electrons. The van der Waals surface area contributed by atoms with Crippen LogP contribution in [0.15, 0.2) is 35.1 Å². The zero-order chi connectivity index (χ0) is 30.4. The van der Waals surface area contributed by atoms with Gasteiger partial charge in [-0.1, -0.05) is 59.8 Å². The number of phenols is 1. The van der Waals surface area contributed by atoms with Crippen molar-refractivity contribution in [2.45, 2.75) is 64.7 Å². The van der Waals surface area contributed by atoms with Crippen molar-refractivity contribution < 1.29 is 39.9 Å². The number of nitrogens with zero attached hydrogens (tertiary/aromatic N) is 1. The Labute approximate surface area is 233 Å². The SMILES string of the molecule is CN(C)C1C(=O)C(C(N)=O)=C(O)C2(O)C(=O)C3=C(O)c4c(ccc(C(C)(C)C)c4O)/C(=C\C(C)(C)C)C3C(O)C12. The number of benzene rings is 1. The number of primary amides is 1. The molecule has 5 unspecified atom stereocenters. The van der Waals surface area contributed by atoms with E-state index in [1.165, 1.54) is 19.0 Å². The zero-order valence-electron chi connectivity index (χ0n) is 24.0. The second-order valence-electron chi connectivity index (χ2n) is 13.3. The van der Waals surface area contributed by atoms with E-state index >= 15 is 0 Å². The highest BCUT2D eigenvalue weighted by molar-refractivity contribution is 6.25. The average Bonchev–Trinajstić information content (AvgIpc) is 2.78. The van der Waals surface area contributed by atoms with Crippen LogP contribution in [0, 0.1) is 17.3 Å². The Balaban J connectivity index is 2.16. The predicted molar refractivity (Wildman–Crippen MR) is 148 cm³/mol. The van der Waals surface area contributed by atoms with Crippen LogP contribution in [0.2, 0.25) is 0 Å². The Bertz CT molecular complexity index is 1440. The maximum absolute atomic E-state index is 14.3. The fraction of sp³-hybridized carbons (Fsp3) is 0.500. The molecule has 1 saturated carbocycles. The molecule has 3 aliphatic carbocycles. The van der Waals surface area contributed by atoms with Gasteiger partial charge in [-0.3, -0.25) is 19.3 Å². The lowest BCUT2D eigenvalue weighted by molar-refractivity contribution is -0.166.